The Bertz CT molecular complexity index is 464. The van der Waals surface area contributed by atoms with E-state index in [-0.39, 0.29) is 5.91 Å². The summed E-state index contributed by atoms with van der Waals surface area (Å²) in [6, 6.07) is 6.01. The van der Waals surface area contributed by atoms with Crippen molar-refractivity contribution in [2.75, 3.05) is 38.6 Å². The van der Waals surface area contributed by atoms with E-state index in [9.17, 15) is 4.79 Å². The molecule has 0 atom stereocenters. The number of halogens is 1. The van der Waals surface area contributed by atoms with Crippen molar-refractivity contribution in [3.8, 4) is 0 Å². The van der Waals surface area contributed by atoms with Gasteiger partial charge < -0.3 is 15.1 Å². The lowest BCUT2D eigenvalue weighted by atomic mass is 10.2. The molecule has 1 aromatic rings. The molecule has 5 heteroatoms. The van der Waals surface area contributed by atoms with E-state index in [4.69, 9.17) is 11.6 Å². The third-order valence-electron chi connectivity index (χ3n) is 3.44. The fourth-order valence-electron chi connectivity index (χ4n) is 2.27. The second kappa shape index (κ2) is 6.26. The molecule has 1 N–H and O–H groups in total. The van der Waals surface area contributed by atoms with E-state index in [0.717, 1.165) is 42.3 Å². The first-order valence-electron chi connectivity index (χ1n) is 6.53. The maximum atomic E-state index is 11.9. The number of benzene rings is 1. The minimum absolute atomic E-state index is 0.160. The van der Waals surface area contributed by atoms with E-state index in [1.54, 1.807) is 4.90 Å². The first-order valence-corrected chi connectivity index (χ1v) is 6.91. The first kappa shape index (κ1) is 14.2. The van der Waals surface area contributed by atoms with Gasteiger partial charge in [0, 0.05) is 37.4 Å². The lowest BCUT2D eigenvalue weighted by Gasteiger charge is -2.22. The second-order valence-corrected chi connectivity index (χ2v) is 5.30. The van der Waals surface area contributed by atoms with Gasteiger partial charge in [0.05, 0.1) is 6.54 Å². The number of carbonyl (C=O) groups excluding carboxylic acids is 1. The van der Waals surface area contributed by atoms with Crippen molar-refractivity contribution in [3.63, 3.8) is 0 Å². The minimum atomic E-state index is 0.160. The van der Waals surface area contributed by atoms with Crippen LogP contribution >= 0.6 is 11.6 Å². The molecular formula is C14H20ClN3O. The monoisotopic (exact) mass is 281 g/mol. The highest BCUT2D eigenvalue weighted by Crippen LogP contribution is 2.24. The number of carbonyl (C=O) groups is 1. The molecule has 104 valence electrons. The lowest BCUT2D eigenvalue weighted by Crippen LogP contribution is -2.34. The largest absolute Gasteiger partial charge is 0.362 e. The number of anilines is 1. The van der Waals surface area contributed by atoms with Crippen LogP contribution in [0.2, 0.25) is 5.02 Å². The van der Waals surface area contributed by atoms with Crippen molar-refractivity contribution >= 4 is 23.2 Å². The zero-order valence-electron chi connectivity index (χ0n) is 11.4. The Hall–Kier alpha value is -1.26. The van der Waals surface area contributed by atoms with Gasteiger partial charge in [0.2, 0.25) is 5.91 Å². The summed E-state index contributed by atoms with van der Waals surface area (Å²) in [5.41, 5.74) is 2.10. The van der Waals surface area contributed by atoms with Gasteiger partial charge in [-0.25, -0.2) is 0 Å². The van der Waals surface area contributed by atoms with Crippen LogP contribution in [0.15, 0.2) is 18.2 Å². The predicted molar refractivity (Wildman–Crippen MR) is 78.7 cm³/mol. The highest BCUT2D eigenvalue weighted by molar-refractivity contribution is 6.31. The highest BCUT2D eigenvalue weighted by atomic mass is 35.5. The fraction of sp³-hybridized carbons (Fsp3) is 0.500. The Labute approximate surface area is 119 Å². The highest BCUT2D eigenvalue weighted by Gasteiger charge is 2.19. The van der Waals surface area contributed by atoms with Gasteiger partial charge in [-0.15, -0.1) is 0 Å². The van der Waals surface area contributed by atoms with E-state index in [1.807, 2.05) is 32.3 Å². The fourth-order valence-corrected chi connectivity index (χ4v) is 2.52. The lowest BCUT2D eigenvalue weighted by molar-refractivity contribution is -0.127. The number of amides is 1. The van der Waals surface area contributed by atoms with Crippen LogP contribution in [0.3, 0.4) is 0 Å². The smallest absolute Gasteiger partial charge is 0.241 e. The molecular weight excluding hydrogens is 262 g/mol. The van der Waals surface area contributed by atoms with E-state index in [0.29, 0.717) is 6.54 Å². The molecule has 0 spiro atoms. The summed E-state index contributed by atoms with van der Waals surface area (Å²) in [6.07, 6.45) is 0.984. The zero-order valence-corrected chi connectivity index (χ0v) is 12.2. The van der Waals surface area contributed by atoms with Crippen LogP contribution < -0.4 is 10.2 Å². The van der Waals surface area contributed by atoms with Gasteiger partial charge in [-0.1, -0.05) is 17.7 Å². The van der Waals surface area contributed by atoms with Gasteiger partial charge in [-0.2, -0.15) is 0 Å². The average molecular weight is 282 g/mol. The second-order valence-electron chi connectivity index (χ2n) is 4.90. The molecule has 1 fully saturated rings. The number of hydrogen-bond donors (Lipinski definition) is 1. The summed E-state index contributed by atoms with van der Waals surface area (Å²) in [6.45, 7) is 2.89. The van der Waals surface area contributed by atoms with Gasteiger partial charge in [0.1, 0.15) is 0 Å². The molecule has 1 aromatic carbocycles. The Kier molecular flexibility index (Phi) is 4.66. The van der Waals surface area contributed by atoms with Crippen LogP contribution in [0.5, 0.6) is 0 Å². The van der Waals surface area contributed by atoms with Gasteiger partial charge in [-0.3, -0.25) is 4.79 Å². The number of likely N-dealkylation sites (N-methyl/N-ethyl adjacent to an activating group) is 1. The van der Waals surface area contributed by atoms with Crippen LogP contribution in [-0.2, 0) is 11.3 Å². The number of nitrogens with one attached hydrogen (secondary N) is 1. The summed E-state index contributed by atoms with van der Waals surface area (Å²) >= 11 is 6.27. The molecule has 4 nitrogen and oxygen atoms in total. The molecule has 0 saturated carbocycles. The van der Waals surface area contributed by atoms with Crippen molar-refractivity contribution in [3.05, 3.63) is 28.8 Å². The van der Waals surface area contributed by atoms with Crippen molar-refractivity contribution in [1.82, 2.24) is 10.2 Å². The Morgan fingerprint density at radius 2 is 2.16 bits per heavy atom. The van der Waals surface area contributed by atoms with Gasteiger partial charge >= 0.3 is 0 Å². The molecule has 0 aromatic heterocycles. The number of hydrogen-bond acceptors (Lipinski definition) is 3. The Morgan fingerprint density at radius 1 is 1.37 bits per heavy atom. The van der Waals surface area contributed by atoms with E-state index in [1.165, 1.54) is 0 Å². The molecule has 1 saturated heterocycles. The normalized spacial score (nSPS) is 16.7. The third-order valence-corrected chi connectivity index (χ3v) is 3.79. The maximum absolute atomic E-state index is 11.9. The van der Waals surface area contributed by atoms with E-state index < -0.39 is 0 Å². The average Bonchev–Trinajstić information content (AvgIpc) is 2.55. The summed E-state index contributed by atoms with van der Waals surface area (Å²) in [7, 11) is 3.75. The molecule has 0 unspecified atom stereocenters. The molecule has 19 heavy (non-hydrogen) atoms. The quantitative estimate of drug-likeness (QED) is 0.917. The van der Waals surface area contributed by atoms with Crippen molar-refractivity contribution < 1.29 is 4.79 Å². The summed E-state index contributed by atoms with van der Waals surface area (Å²) in [4.78, 5) is 15.8. The number of nitrogens with zero attached hydrogens (tertiary/aromatic N) is 2. The first-order chi connectivity index (χ1) is 9.11. The standard InChI is InChI=1S/C14H20ClN3O/c1-16-9-11-4-5-12(8-13(11)15)18-7-3-6-17(2)14(19)10-18/h4-5,8,16H,3,6-7,9-10H2,1-2H3. The molecule has 1 aliphatic heterocycles. The van der Waals surface area contributed by atoms with Crippen molar-refractivity contribution in [2.24, 2.45) is 0 Å². The van der Waals surface area contributed by atoms with Crippen LogP contribution in [0.1, 0.15) is 12.0 Å². The molecule has 0 bridgehead atoms. The van der Waals surface area contributed by atoms with Crippen LogP contribution in [0.25, 0.3) is 0 Å². The minimum Gasteiger partial charge on any atom is -0.362 e. The molecule has 2 rings (SSSR count). The molecule has 0 aliphatic carbocycles. The maximum Gasteiger partial charge on any atom is 0.241 e. The van der Waals surface area contributed by atoms with Crippen LogP contribution in [-0.4, -0.2) is 44.5 Å². The molecule has 1 heterocycles. The third kappa shape index (κ3) is 3.39. The number of rotatable bonds is 3. The van der Waals surface area contributed by atoms with Crippen molar-refractivity contribution in [1.29, 1.82) is 0 Å². The van der Waals surface area contributed by atoms with Crippen molar-refractivity contribution in [2.45, 2.75) is 13.0 Å². The molecule has 1 amide bonds. The van der Waals surface area contributed by atoms with E-state index in [2.05, 4.69) is 10.2 Å². The van der Waals surface area contributed by atoms with Gasteiger partial charge in [0.25, 0.3) is 0 Å². The zero-order chi connectivity index (χ0) is 13.8. The molecule has 0 radical (unpaired) electrons. The summed E-state index contributed by atoms with van der Waals surface area (Å²) in [5, 5.41) is 3.83. The topological polar surface area (TPSA) is 35.6 Å². The van der Waals surface area contributed by atoms with Crippen LogP contribution in [0, 0.1) is 0 Å². The summed E-state index contributed by atoms with van der Waals surface area (Å²) < 4.78 is 0. The van der Waals surface area contributed by atoms with Gasteiger partial charge in [0.15, 0.2) is 0 Å². The van der Waals surface area contributed by atoms with Gasteiger partial charge in [-0.05, 0) is 31.2 Å². The Morgan fingerprint density at radius 3 is 2.84 bits per heavy atom. The van der Waals surface area contributed by atoms with E-state index >= 15 is 0 Å². The van der Waals surface area contributed by atoms with Crippen LogP contribution in [0.4, 0.5) is 5.69 Å². The summed E-state index contributed by atoms with van der Waals surface area (Å²) in [5.74, 6) is 0.160. The predicted octanol–water partition coefficient (Wildman–Crippen LogP) is 1.73. The molecule has 1 aliphatic rings. The Balaban J connectivity index is 2.17. The SMILES string of the molecule is CNCc1ccc(N2CCCN(C)C(=O)C2)cc1Cl.